The van der Waals surface area contributed by atoms with Crippen molar-refractivity contribution in [3.05, 3.63) is 48.7 Å². The first-order valence-electron chi connectivity index (χ1n) is 9.75. The van der Waals surface area contributed by atoms with E-state index in [0.717, 1.165) is 31.5 Å². The number of nitrogens with zero attached hydrogens (tertiary/aromatic N) is 4. The maximum Gasteiger partial charge on any atom is 0.233 e. The van der Waals surface area contributed by atoms with Crippen LogP contribution in [0.5, 0.6) is 0 Å². The fraction of sp³-hybridized carbons (Fsp3) is 0.381. The smallest absolute Gasteiger partial charge is 0.233 e. The predicted octanol–water partition coefficient (Wildman–Crippen LogP) is 4.41. The average molecular weight is 397 g/mol. The topological polar surface area (TPSA) is 64.2 Å². The molecule has 1 aliphatic heterocycles. The third-order valence-electron chi connectivity index (χ3n) is 5.13. The first kappa shape index (κ1) is 18.8. The van der Waals surface area contributed by atoms with E-state index in [0.29, 0.717) is 28.5 Å². The quantitative estimate of drug-likeness (QED) is 0.578. The number of hydrogen-bond acceptors (Lipinski definition) is 5. The highest BCUT2D eigenvalue weighted by molar-refractivity contribution is 7.99. The molecule has 3 heterocycles. The Kier molecular flexibility index (Phi) is 5.81. The van der Waals surface area contributed by atoms with E-state index in [4.69, 9.17) is 4.42 Å². The summed E-state index contributed by atoms with van der Waals surface area (Å²) < 4.78 is 7.49. The number of para-hydroxylation sites is 1. The highest BCUT2D eigenvalue weighted by atomic mass is 32.2. The molecule has 4 rings (SSSR count). The van der Waals surface area contributed by atoms with Crippen molar-refractivity contribution in [3.63, 3.8) is 0 Å². The molecule has 7 heteroatoms. The average Bonchev–Trinajstić information content (AvgIpc) is 3.42. The molecule has 6 nitrogen and oxygen atoms in total. The molecule has 1 amide bonds. The van der Waals surface area contributed by atoms with Gasteiger partial charge in [0.25, 0.3) is 0 Å². The molecule has 0 N–H and O–H groups in total. The van der Waals surface area contributed by atoms with Gasteiger partial charge in [0.1, 0.15) is 0 Å². The van der Waals surface area contributed by atoms with Crippen LogP contribution in [0.2, 0.25) is 0 Å². The number of carbonyl (C=O) groups excluding carboxylic acids is 1. The van der Waals surface area contributed by atoms with Crippen LogP contribution in [-0.4, -0.2) is 43.9 Å². The van der Waals surface area contributed by atoms with Crippen LogP contribution < -0.4 is 0 Å². The van der Waals surface area contributed by atoms with Gasteiger partial charge in [-0.1, -0.05) is 36.9 Å². The largest absolute Gasteiger partial charge is 0.461 e. The minimum atomic E-state index is 0.179. The van der Waals surface area contributed by atoms with Crippen LogP contribution in [0.15, 0.2) is 58.3 Å². The predicted molar refractivity (Wildman–Crippen MR) is 109 cm³/mol. The molecule has 0 spiro atoms. The summed E-state index contributed by atoms with van der Waals surface area (Å²) in [6.45, 7) is 3.02. The minimum absolute atomic E-state index is 0.179. The number of carbonyl (C=O) groups is 1. The Bertz CT molecular complexity index is 908. The molecule has 2 aromatic heterocycles. The molecule has 3 aromatic rings. The summed E-state index contributed by atoms with van der Waals surface area (Å²) in [6.07, 6.45) is 6.05. The van der Waals surface area contributed by atoms with Gasteiger partial charge in [-0.3, -0.25) is 9.36 Å². The van der Waals surface area contributed by atoms with Gasteiger partial charge in [-0.05, 0) is 49.9 Å². The highest BCUT2D eigenvalue weighted by Crippen LogP contribution is 2.29. The third kappa shape index (κ3) is 3.85. The summed E-state index contributed by atoms with van der Waals surface area (Å²) in [5, 5.41) is 9.37. The van der Waals surface area contributed by atoms with Crippen LogP contribution in [0.3, 0.4) is 0 Å². The number of benzene rings is 1. The number of rotatable bonds is 6. The monoisotopic (exact) mass is 396 g/mol. The van der Waals surface area contributed by atoms with Crippen molar-refractivity contribution < 1.29 is 9.21 Å². The van der Waals surface area contributed by atoms with Gasteiger partial charge in [0.2, 0.25) is 11.7 Å². The normalized spacial score (nSPS) is 17.0. The van der Waals surface area contributed by atoms with Crippen LogP contribution in [0.1, 0.15) is 32.6 Å². The van der Waals surface area contributed by atoms with E-state index in [2.05, 4.69) is 17.1 Å². The number of piperidine rings is 1. The lowest BCUT2D eigenvalue weighted by molar-refractivity contribution is -0.132. The molecule has 28 heavy (non-hydrogen) atoms. The zero-order valence-corrected chi connectivity index (χ0v) is 16.8. The standard InChI is InChI=1S/C21H24N4O2S/c1-2-16-9-6-7-13-24(16)19(26)15-28-21-23-22-20(18-12-8-14-27-18)25(21)17-10-4-3-5-11-17/h3-5,8,10-12,14,16H,2,6-7,9,13,15H2,1H3. The highest BCUT2D eigenvalue weighted by Gasteiger charge is 2.26. The molecule has 0 bridgehead atoms. The fourth-order valence-electron chi connectivity index (χ4n) is 3.70. The molecule has 1 unspecified atom stereocenters. The van der Waals surface area contributed by atoms with Gasteiger partial charge in [-0.25, -0.2) is 0 Å². The molecule has 1 atom stereocenters. The molecule has 0 radical (unpaired) electrons. The Hall–Kier alpha value is -2.54. The molecule has 1 saturated heterocycles. The van der Waals surface area contributed by atoms with E-state index >= 15 is 0 Å². The first-order valence-corrected chi connectivity index (χ1v) is 10.7. The number of likely N-dealkylation sites (tertiary alicyclic amines) is 1. The van der Waals surface area contributed by atoms with Crippen LogP contribution in [0.25, 0.3) is 17.3 Å². The summed E-state index contributed by atoms with van der Waals surface area (Å²) >= 11 is 1.43. The SMILES string of the molecule is CCC1CCCCN1C(=O)CSc1nnc(-c2ccco2)n1-c1ccccc1. The molecule has 0 saturated carbocycles. The van der Waals surface area contributed by atoms with Crippen LogP contribution in [-0.2, 0) is 4.79 Å². The van der Waals surface area contributed by atoms with Crippen LogP contribution >= 0.6 is 11.8 Å². The molecular formula is C21H24N4O2S. The van der Waals surface area contributed by atoms with Crippen molar-refractivity contribution in [2.24, 2.45) is 0 Å². The molecule has 1 aliphatic rings. The van der Waals surface area contributed by atoms with E-state index in [1.165, 1.54) is 18.2 Å². The van der Waals surface area contributed by atoms with E-state index in [1.807, 2.05) is 51.9 Å². The van der Waals surface area contributed by atoms with Gasteiger partial charge in [-0.2, -0.15) is 0 Å². The van der Waals surface area contributed by atoms with Crippen molar-refractivity contribution in [2.45, 2.75) is 43.8 Å². The van der Waals surface area contributed by atoms with Crippen molar-refractivity contribution >= 4 is 17.7 Å². The Labute approximate surface area is 168 Å². The van der Waals surface area contributed by atoms with E-state index in [-0.39, 0.29) is 5.91 Å². The second kappa shape index (κ2) is 8.65. The van der Waals surface area contributed by atoms with E-state index < -0.39 is 0 Å². The van der Waals surface area contributed by atoms with Gasteiger partial charge >= 0.3 is 0 Å². The van der Waals surface area contributed by atoms with Crippen molar-refractivity contribution in [2.75, 3.05) is 12.3 Å². The summed E-state index contributed by atoms with van der Waals surface area (Å²) in [4.78, 5) is 14.9. The second-order valence-electron chi connectivity index (χ2n) is 6.89. The number of furan rings is 1. The van der Waals surface area contributed by atoms with Gasteiger partial charge < -0.3 is 9.32 Å². The minimum Gasteiger partial charge on any atom is -0.461 e. The van der Waals surface area contributed by atoms with Crippen molar-refractivity contribution in [3.8, 4) is 17.3 Å². The number of hydrogen-bond donors (Lipinski definition) is 0. The van der Waals surface area contributed by atoms with Gasteiger partial charge in [0, 0.05) is 18.3 Å². The maximum atomic E-state index is 12.9. The van der Waals surface area contributed by atoms with E-state index in [1.54, 1.807) is 6.26 Å². The fourth-order valence-corrected chi connectivity index (χ4v) is 4.54. The third-order valence-corrected chi connectivity index (χ3v) is 6.05. The lowest BCUT2D eigenvalue weighted by atomic mass is 10.0. The summed E-state index contributed by atoms with van der Waals surface area (Å²) in [5.74, 6) is 1.82. The summed E-state index contributed by atoms with van der Waals surface area (Å²) in [6, 6.07) is 14.0. The van der Waals surface area contributed by atoms with Crippen LogP contribution in [0, 0.1) is 0 Å². The van der Waals surface area contributed by atoms with Crippen LogP contribution in [0.4, 0.5) is 0 Å². The van der Waals surface area contributed by atoms with Gasteiger partial charge in [0.15, 0.2) is 10.9 Å². The number of amides is 1. The van der Waals surface area contributed by atoms with Gasteiger partial charge in [-0.15, -0.1) is 10.2 Å². The molecular weight excluding hydrogens is 372 g/mol. The molecule has 1 fully saturated rings. The first-order chi connectivity index (χ1) is 13.8. The second-order valence-corrected chi connectivity index (χ2v) is 7.83. The number of thioether (sulfide) groups is 1. The maximum absolute atomic E-state index is 12.9. The zero-order chi connectivity index (χ0) is 19.3. The molecule has 146 valence electrons. The van der Waals surface area contributed by atoms with Crippen molar-refractivity contribution in [1.29, 1.82) is 0 Å². The number of aromatic nitrogens is 3. The molecule has 1 aromatic carbocycles. The Morgan fingerprint density at radius 2 is 2.04 bits per heavy atom. The lowest BCUT2D eigenvalue weighted by Gasteiger charge is -2.35. The van der Waals surface area contributed by atoms with Crippen molar-refractivity contribution in [1.82, 2.24) is 19.7 Å². The van der Waals surface area contributed by atoms with E-state index in [9.17, 15) is 4.79 Å². The Balaban J connectivity index is 1.57. The Morgan fingerprint density at radius 1 is 1.18 bits per heavy atom. The Morgan fingerprint density at radius 3 is 2.79 bits per heavy atom. The molecule has 0 aliphatic carbocycles. The summed E-state index contributed by atoms with van der Waals surface area (Å²) in [7, 11) is 0. The lowest BCUT2D eigenvalue weighted by Crippen LogP contribution is -2.44. The summed E-state index contributed by atoms with van der Waals surface area (Å²) in [5.41, 5.74) is 0.943. The zero-order valence-electron chi connectivity index (χ0n) is 16.0. The van der Waals surface area contributed by atoms with Gasteiger partial charge in [0.05, 0.1) is 12.0 Å².